The molecule has 0 spiro atoms. The first-order valence-electron chi connectivity index (χ1n) is 6.34. The molecule has 5 nitrogen and oxygen atoms in total. The van der Waals surface area contributed by atoms with Crippen LogP contribution in [0.25, 0.3) is 0 Å². The average Bonchev–Trinajstić information content (AvgIpc) is 2.87. The Bertz CT molecular complexity index is 543. The largest absolute Gasteiger partial charge is 0.396 e. The van der Waals surface area contributed by atoms with E-state index in [0.29, 0.717) is 11.4 Å². The highest BCUT2D eigenvalue weighted by Gasteiger charge is 2.28. The fourth-order valence-corrected chi connectivity index (χ4v) is 3.44. The first kappa shape index (κ1) is 14.3. The van der Waals surface area contributed by atoms with E-state index in [1.54, 1.807) is 12.1 Å². The summed E-state index contributed by atoms with van der Waals surface area (Å²) < 4.78 is 25.8. The first-order valence-corrected chi connectivity index (χ1v) is 7.78. The van der Waals surface area contributed by atoms with Crippen LogP contribution in [0.2, 0.25) is 0 Å². The summed E-state index contributed by atoms with van der Waals surface area (Å²) in [4.78, 5) is 2.37. The van der Waals surface area contributed by atoms with Crippen LogP contribution in [0.5, 0.6) is 0 Å². The number of aliphatic hydroxyl groups excluding tert-OH is 1. The van der Waals surface area contributed by atoms with Gasteiger partial charge < -0.3 is 10.0 Å². The van der Waals surface area contributed by atoms with Gasteiger partial charge in [0.25, 0.3) is 0 Å². The van der Waals surface area contributed by atoms with Crippen molar-refractivity contribution in [3.63, 3.8) is 0 Å². The molecule has 1 aliphatic rings. The molecule has 1 unspecified atom stereocenters. The minimum atomic E-state index is -3.44. The number of anilines is 1. The summed E-state index contributed by atoms with van der Waals surface area (Å²) in [6.07, 6.45) is 0.896. The van der Waals surface area contributed by atoms with E-state index < -0.39 is 10.0 Å². The zero-order valence-corrected chi connectivity index (χ0v) is 12.1. The number of hydrogen-bond acceptors (Lipinski definition) is 4. The van der Waals surface area contributed by atoms with E-state index in [2.05, 4.69) is 0 Å². The molecule has 2 rings (SSSR count). The van der Waals surface area contributed by atoms with Crippen LogP contribution < -0.4 is 4.90 Å². The molecule has 1 N–H and O–H groups in total. The van der Waals surface area contributed by atoms with Crippen molar-refractivity contribution in [2.75, 3.05) is 38.7 Å². The van der Waals surface area contributed by atoms with Crippen molar-refractivity contribution in [1.29, 1.82) is 0 Å². The summed E-state index contributed by atoms with van der Waals surface area (Å²) in [7, 11) is -0.371. The van der Waals surface area contributed by atoms with E-state index in [1.807, 2.05) is 17.0 Å². The molecule has 0 amide bonds. The Morgan fingerprint density at radius 3 is 2.63 bits per heavy atom. The van der Waals surface area contributed by atoms with Gasteiger partial charge >= 0.3 is 0 Å². The maximum absolute atomic E-state index is 12.3. The third-order valence-corrected chi connectivity index (χ3v) is 5.37. The summed E-state index contributed by atoms with van der Waals surface area (Å²) in [5.41, 5.74) is 0.729. The van der Waals surface area contributed by atoms with Gasteiger partial charge in [-0.3, -0.25) is 0 Å². The molecule has 106 valence electrons. The molecule has 1 fully saturated rings. The van der Waals surface area contributed by atoms with Crippen LogP contribution in [-0.4, -0.2) is 51.6 Å². The van der Waals surface area contributed by atoms with Gasteiger partial charge in [0.2, 0.25) is 10.0 Å². The van der Waals surface area contributed by atoms with E-state index in [4.69, 9.17) is 0 Å². The quantitative estimate of drug-likeness (QED) is 0.886. The molecular formula is C13H20N2O3S. The second-order valence-electron chi connectivity index (χ2n) is 5.04. The normalized spacial score (nSPS) is 20.2. The molecule has 1 aromatic carbocycles. The molecule has 0 saturated carbocycles. The lowest BCUT2D eigenvalue weighted by Gasteiger charge is -2.23. The molecule has 19 heavy (non-hydrogen) atoms. The Balaban J connectivity index is 2.38. The predicted octanol–water partition coefficient (Wildman–Crippen LogP) is 0.756. The van der Waals surface area contributed by atoms with E-state index in [0.717, 1.165) is 18.7 Å². The molecule has 0 aromatic heterocycles. The second kappa shape index (κ2) is 5.48. The highest BCUT2D eigenvalue weighted by atomic mass is 32.2. The van der Waals surface area contributed by atoms with Gasteiger partial charge in [0, 0.05) is 39.7 Å². The van der Waals surface area contributed by atoms with Crippen LogP contribution in [-0.2, 0) is 10.0 Å². The van der Waals surface area contributed by atoms with Gasteiger partial charge in [-0.2, -0.15) is 0 Å². The van der Waals surface area contributed by atoms with Crippen molar-refractivity contribution >= 4 is 15.7 Å². The van der Waals surface area contributed by atoms with Crippen LogP contribution in [0.1, 0.15) is 6.42 Å². The van der Waals surface area contributed by atoms with Crippen LogP contribution in [0.3, 0.4) is 0 Å². The first-order chi connectivity index (χ1) is 8.96. The third-order valence-electron chi connectivity index (χ3n) is 3.51. The molecule has 0 aliphatic carbocycles. The second-order valence-corrected chi connectivity index (χ2v) is 7.16. The Kier molecular flexibility index (Phi) is 4.13. The molecule has 1 saturated heterocycles. The zero-order chi connectivity index (χ0) is 14.0. The molecule has 1 aromatic rings. The molecule has 0 radical (unpaired) electrons. The summed E-state index contributed by atoms with van der Waals surface area (Å²) in [5.74, 6) is 0.232. The monoisotopic (exact) mass is 284 g/mol. The molecule has 1 heterocycles. The minimum absolute atomic E-state index is 0.152. The third kappa shape index (κ3) is 2.75. The van der Waals surface area contributed by atoms with E-state index in [9.17, 15) is 13.5 Å². The number of nitrogens with zero attached hydrogens (tertiary/aromatic N) is 2. The lowest BCUT2D eigenvalue weighted by Crippen LogP contribution is -2.27. The molecule has 0 bridgehead atoms. The topological polar surface area (TPSA) is 60.9 Å². The lowest BCUT2D eigenvalue weighted by molar-refractivity contribution is 0.238. The zero-order valence-electron chi connectivity index (χ0n) is 11.3. The fourth-order valence-electron chi connectivity index (χ4n) is 2.33. The van der Waals surface area contributed by atoms with Crippen molar-refractivity contribution < 1.29 is 13.5 Å². The van der Waals surface area contributed by atoms with Crippen LogP contribution in [0.15, 0.2) is 29.2 Å². The van der Waals surface area contributed by atoms with Crippen molar-refractivity contribution in [1.82, 2.24) is 4.31 Å². The van der Waals surface area contributed by atoms with Gasteiger partial charge in [0.05, 0.1) is 5.69 Å². The Labute approximate surface area is 114 Å². The SMILES string of the molecule is CN(C)S(=O)(=O)c1ccccc1N1CCC(CO)C1. The number of para-hydroxylation sites is 1. The molecule has 6 heteroatoms. The number of rotatable bonds is 4. The number of aliphatic hydroxyl groups is 1. The number of hydrogen-bond donors (Lipinski definition) is 1. The lowest BCUT2D eigenvalue weighted by atomic mass is 10.1. The summed E-state index contributed by atoms with van der Waals surface area (Å²) in [6, 6.07) is 7.04. The standard InChI is InChI=1S/C13H20N2O3S/c1-14(2)19(17,18)13-6-4-3-5-12(13)15-8-7-11(9-15)10-16/h3-6,11,16H,7-10H2,1-2H3. The van der Waals surface area contributed by atoms with Crippen molar-refractivity contribution in [2.45, 2.75) is 11.3 Å². The minimum Gasteiger partial charge on any atom is -0.396 e. The molecule has 1 aliphatic heterocycles. The molecule has 1 atom stereocenters. The van der Waals surface area contributed by atoms with Gasteiger partial charge in [0.1, 0.15) is 4.90 Å². The van der Waals surface area contributed by atoms with Crippen LogP contribution >= 0.6 is 0 Å². The average molecular weight is 284 g/mol. The van der Waals surface area contributed by atoms with E-state index in [1.165, 1.54) is 18.4 Å². The van der Waals surface area contributed by atoms with Crippen molar-refractivity contribution in [3.8, 4) is 0 Å². The van der Waals surface area contributed by atoms with Crippen molar-refractivity contribution in [3.05, 3.63) is 24.3 Å². The summed E-state index contributed by atoms with van der Waals surface area (Å²) in [6.45, 7) is 1.64. The Morgan fingerprint density at radius 2 is 2.05 bits per heavy atom. The fraction of sp³-hybridized carbons (Fsp3) is 0.538. The van der Waals surface area contributed by atoms with Crippen molar-refractivity contribution in [2.24, 2.45) is 5.92 Å². The smallest absolute Gasteiger partial charge is 0.244 e. The van der Waals surface area contributed by atoms with E-state index >= 15 is 0 Å². The van der Waals surface area contributed by atoms with Gasteiger partial charge in [-0.15, -0.1) is 0 Å². The van der Waals surface area contributed by atoms with Crippen LogP contribution in [0, 0.1) is 5.92 Å². The highest BCUT2D eigenvalue weighted by molar-refractivity contribution is 7.89. The Hall–Kier alpha value is -1.11. The van der Waals surface area contributed by atoms with Gasteiger partial charge in [0.15, 0.2) is 0 Å². The summed E-state index contributed by atoms with van der Waals surface area (Å²) in [5, 5.41) is 9.19. The van der Waals surface area contributed by atoms with Gasteiger partial charge in [-0.05, 0) is 18.6 Å². The number of benzene rings is 1. The number of sulfonamides is 1. The Morgan fingerprint density at radius 1 is 1.37 bits per heavy atom. The van der Waals surface area contributed by atoms with Gasteiger partial charge in [-0.1, -0.05) is 12.1 Å². The maximum atomic E-state index is 12.3. The highest BCUT2D eigenvalue weighted by Crippen LogP contribution is 2.30. The van der Waals surface area contributed by atoms with Gasteiger partial charge in [-0.25, -0.2) is 12.7 Å². The predicted molar refractivity (Wildman–Crippen MR) is 74.7 cm³/mol. The van der Waals surface area contributed by atoms with E-state index in [-0.39, 0.29) is 12.5 Å². The maximum Gasteiger partial charge on any atom is 0.244 e. The molecular weight excluding hydrogens is 264 g/mol. The summed E-state index contributed by atoms with van der Waals surface area (Å²) >= 11 is 0. The van der Waals surface area contributed by atoms with Crippen LogP contribution in [0.4, 0.5) is 5.69 Å².